The van der Waals surface area contributed by atoms with Crippen LogP contribution >= 0.6 is 0 Å². The van der Waals surface area contributed by atoms with Gasteiger partial charge in [-0.15, -0.1) is 6.58 Å². The lowest BCUT2D eigenvalue weighted by molar-refractivity contribution is 0.0346. The molecule has 4 heteroatoms. The summed E-state index contributed by atoms with van der Waals surface area (Å²) in [5.41, 5.74) is 1.91. The number of aliphatic hydroxyl groups is 1. The number of hydrogen-bond acceptors (Lipinski definition) is 3. The molecule has 0 fully saturated rings. The van der Waals surface area contributed by atoms with E-state index in [9.17, 15) is 9.90 Å². The summed E-state index contributed by atoms with van der Waals surface area (Å²) in [4.78, 5) is 14.2. The molecule has 2 rings (SSSR count). The Morgan fingerprint density at radius 2 is 1.68 bits per heavy atom. The second-order valence-corrected chi connectivity index (χ2v) is 5.99. The quantitative estimate of drug-likeness (QED) is 0.735. The predicted molar refractivity (Wildman–Crippen MR) is 98.9 cm³/mol. The summed E-state index contributed by atoms with van der Waals surface area (Å²) < 4.78 is 5.46. The Labute approximate surface area is 149 Å². The van der Waals surface area contributed by atoms with Gasteiger partial charge in [-0.05, 0) is 24.5 Å². The van der Waals surface area contributed by atoms with E-state index < -0.39 is 12.2 Å². The van der Waals surface area contributed by atoms with E-state index in [4.69, 9.17) is 4.74 Å². The summed E-state index contributed by atoms with van der Waals surface area (Å²) in [6.07, 6.45) is 0.934. The fourth-order valence-corrected chi connectivity index (χ4v) is 2.53. The van der Waals surface area contributed by atoms with Crippen LogP contribution in [-0.2, 0) is 17.9 Å². The van der Waals surface area contributed by atoms with Gasteiger partial charge >= 0.3 is 6.09 Å². The lowest BCUT2D eigenvalue weighted by Gasteiger charge is -2.31. The van der Waals surface area contributed by atoms with Crippen LogP contribution < -0.4 is 0 Å². The molecule has 1 N–H and O–H groups in total. The maximum Gasteiger partial charge on any atom is 0.410 e. The number of carbonyl (C=O) groups is 1. The summed E-state index contributed by atoms with van der Waals surface area (Å²) in [5, 5.41) is 10.3. The van der Waals surface area contributed by atoms with E-state index in [1.54, 1.807) is 11.0 Å². The fraction of sp³-hybridized carbons (Fsp3) is 0.286. The van der Waals surface area contributed by atoms with Gasteiger partial charge in [0, 0.05) is 6.54 Å². The largest absolute Gasteiger partial charge is 0.445 e. The molecule has 2 atom stereocenters. The second kappa shape index (κ2) is 9.64. The molecule has 0 spiro atoms. The molecule has 1 amide bonds. The molecule has 0 aliphatic rings. The van der Waals surface area contributed by atoms with E-state index in [0.29, 0.717) is 13.0 Å². The predicted octanol–water partition coefficient (Wildman–Crippen LogP) is 4.15. The minimum Gasteiger partial charge on any atom is -0.445 e. The van der Waals surface area contributed by atoms with Crippen LogP contribution in [0.4, 0.5) is 4.79 Å². The third-order valence-corrected chi connectivity index (χ3v) is 4.09. The van der Waals surface area contributed by atoms with Crippen LogP contribution in [0.2, 0.25) is 0 Å². The molecule has 132 valence electrons. The van der Waals surface area contributed by atoms with Crippen molar-refractivity contribution in [1.82, 2.24) is 4.90 Å². The molecule has 0 aliphatic heterocycles. The normalized spacial score (nSPS) is 12.9. The van der Waals surface area contributed by atoms with Crippen molar-refractivity contribution >= 4 is 6.09 Å². The molecule has 0 heterocycles. The Balaban J connectivity index is 2.08. The molecule has 0 aromatic heterocycles. The molecule has 0 bridgehead atoms. The molecule has 0 aliphatic carbocycles. The molecule has 25 heavy (non-hydrogen) atoms. The van der Waals surface area contributed by atoms with Gasteiger partial charge in [0.15, 0.2) is 0 Å². The van der Waals surface area contributed by atoms with Crippen LogP contribution in [0.25, 0.3) is 0 Å². The van der Waals surface area contributed by atoms with Crippen LogP contribution in [0.5, 0.6) is 0 Å². The van der Waals surface area contributed by atoms with Crippen molar-refractivity contribution in [3.05, 3.63) is 84.4 Å². The SMILES string of the molecule is C=CC[C@H](O)[C@H](C)N(Cc1ccccc1)C(=O)OCc1ccccc1. The van der Waals surface area contributed by atoms with Gasteiger partial charge in [-0.3, -0.25) is 4.90 Å². The maximum atomic E-state index is 12.6. The highest BCUT2D eigenvalue weighted by atomic mass is 16.6. The first kappa shape index (κ1) is 18.7. The van der Waals surface area contributed by atoms with Crippen molar-refractivity contribution in [2.75, 3.05) is 0 Å². The van der Waals surface area contributed by atoms with Gasteiger partial charge < -0.3 is 9.84 Å². The number of aliphatic hydroxyl groups excluding tert-OH is 1. The van der Waals surface area contributed by atoms with E-state index >= 15 is 0 Å². The summed E-state index contributed by atoms with van der Waals surface area (Å²) in [6, 6.07) is 18.8. The molecular weight excluding hydrogens is 314 g/mol. The Kier molecular flexibility index (Phi) is 7.23. The van der Waals surface area contributed by atoms with Crippen molar-refractivity contribution in [2.24, 2.45) is 0 Å². The average Bonchev–Trinajstić information content (AvgIpc) is 2.65. The molecule has 0 saturated heterocycles. The number of nitrogens with zero attached hydrogens (tertiary/aromatic N) is 1. The molecular formula is C21H25NO3. The molecule has 0 unspecified atom stereocenters. The first-order valence-electron chi connectivity index (χ1n) is 8.42. The lowest BCUT2D eigenvalue weighted by Crippen LogP contribution is -2.44. The van der Waals surface area contributed by atoms with Crippen molar-refractivity contribution < 1.29 is 14.6 Å². The van der Waals surface area contributed by atoms with Gasteiger partial charge in [0.2, 0.25) is 0 Å². The van der Waals surface area contributed by atoms with E-state index in [1.165, 1.54) is 0 Å². The van der Waals surface area contributed by atoms with Gasteiger partial charge in [0.1, 0.15) is 6.61 Å². The van der Waals surface area contributed by atoms with Crippen molar-refractivity contribution in [3.63, 3.8) is 0 Å². The summed E-state index contributed by atoms with van der Waals surface area (Å²) >= 11 is 0. The lowest BCUT2D eigenvalue weighted by atomic mass is 10.1. The highest BCUT2D eigenvalue weighted by Gasteiger charge is 2.26. The van der Waals surface area contributed by atoms with Crippen LogP contribution in [-0.4, -0.2) is 28.2 Å². The maximum absolute atomic E-state index is 12.6. The van der Waals surface area contributed by atoms with Crippen molar-refractivity contribution in [2.45, 2.75) is 38.6 Å². The van der Waals surface area contributed by atoms with Gasteiger partial charge in [0.25, 0.3) is 0 Å². The van der Waals surface area contributed by atoms with Crippen LogP contribution in [0.3, 0.4) is 0 Å². The zero-order valence-corrected chi connectivity index (χ0v) is 14.5. The van der Waals surface area contributed by atoms with Crippen LogP contribution in [0.15, 0.2) is 73.3 Å². The van der Waals surface area contributed by atoms with Gasteiger partial charge in [-0.2, -0.15) is 0 Å². The van der Waals surface area contributed by atoms with Crippen molar-refractivity contribution in [3.8, 4) is 0 Å². The monoisotopic (exact) mass is 339 g/mol. The number of carbonyl (C=O) groups excluding carboxylic acids is 1. The Morgan fingerprint density at radius 1 is 1.12 bits per heavy atom. The zero-order chi connectivity index (χ0) is 18.1. The van der Waals surface area contributed by atoms with Gasteiger partial charge in [0.05, 0.1) is 12.1 Å². The third-order valence-electron chi connectivity index (χ3n) is 4.09. The third kappa shape index (κ3) is 5.76. The number of hydrogen-bond donors (Lipinski definition) is 1. The van der Waals surface area contributed by atoms with Gasteiger partial charge in [-0.1, -0.05) is 66.7 Å². The molecule has 2 aromatic carbocycles. The highest BCUT2D eigenvalue weighted by Crippen LogP contribution is 2.15. The van der Waals surface area contributed by atoms with Crippen molar-refractivity contribution in [1.29, 1.82) is 0 Å². The number of ether oxygens (including phenoxy) is 1. The Morgan fingerprint density at radius 3 is 2.24 bits per heavy atom. The Hall–Kier alpha value is -2.59. The smallest absolute Gasteiger partial charge is 0.410 e. The zero-order valence-electron chi connectivity index (χ0n) is 14.5. The molecule has 4 nitrogen and oxygen atoms in total. The Bertz CT molecular complexity index is 657. The second-order valence-electron chi connectivity index (χ2n) is 5.99. The topological polar surface area (TPSA) is 49.8 Å². The van der Waals surface area contributed by atoms with Gasteiger partial charge in [-0.25, -0.2) is 4.79 Å². The number of rotatable bonds is 8. The number of amides is 1. The van der Waals surface area contributed by atoms with Crippen LogP contribution in [0.1, 0.15) is 24.5 Å². The highest BCUT2D eigenvalue weighted by molar-refractivity contribution is 5.68. The van der Waals surface area contributed by atoms with E-state index in [0.717, 1.165) is 11.1 Å². The summed E-state index contributed by atoms with van der Waals surface area (Å²) in [5.74, 6) is 0. The summed E-state index contributed by atoms with van der Waals surface area (Å²) in [6.45, 7) is 6.06. The first-order chi connectivity index (χ1) is 12.1. The molecule has 2 aromatic rings. The van der Waals surface area contributed by atoms with E-state index in [2.05, 4.69) is 6.58 Å². The minimum atomic E-state index is -0.689. The van der Waals surface area contributed by atoms with E-state index in [-0.39, 0.29) is 12.6 Å². The standard InChI is InChI=1S/C21H25NO3/c1-3-10-20(23)17(2)22(15-18-11-6-4-7-12-18)21(24)25-16-19-13-8-5-9-14-19/h3-9,11-14,17,20,23H,1,10,15-16H2,2H3/t17-,20-/m0/s1. The molecule has 0 radical (unpaired) electrons. The fourth-order valence-electron chi connectivity index (χ4n) is 2.53. The first-order valence-corrected chi connectivity index (χ1v) is 8.42. The number of benzene rings is 2. The van der Waals surface area contributed by atoms with E-state index in [1.807, 2.05) is 67.6 Å². The summed E-state index contributed by atoms with van der Waals surface area (Å²) in [7, 11) is 0. The molecule has 0 saturated carbocycles. The van der Waals surface area contributed by atoms with Crippen LogP contribution in [0, 0.1) is 0 Å². The average molecular weight is 339 g/mol. The minimum absolute atomic E-state index is 0.204.